The summed E-state index contributed by atoms with van der Waals surface area (Å²) in [6, 6.07) is 0. The van der Waals surface area contributed by atoms with Crippen molar-refractivity contribution in [2.45, 2.75) is 19.7 Å². The van der Waals surface area contributed by atoms with Crippen molar-refractivity contribution in [3.63, 3.8) is 0 Å². The first-order chi connectivity index (χ1) is 5.55. The molecule has 2 atom stereocenters. The van der Waals surface area contributed by atoms with Gasteiger partial charge in [-0.1, -0.05) is 0 Å². The third-order valence-electron chi connectivity index (χ3n) is 1.12. The van der Waals surface area contributed by atoms with Gasteiger partial charge in [0.05, 0.1) is 0 Å². The van der Waals surface area contributed by atoms with Crippen LogP contribution in [0.25, 0.3) is 0 Å². The van der Waals surface area contributed by atoms with Gasteiger partial charge in [-0.2, -0.15) is 0 Å². The van der Waals surface area contributed by atoms with E-state index in [0.717, 1.165) is 0 Å². The Balaban J connectivity index is 4.15. The second kappa shape index (κ2) is 4.27. The van der Waals surface area contributed by atoms with Gasteiger partial charge in [-0.3, -0.25) is 0 Å². The molecule has 0 aromatic carbocycles. The first kappa shape index (κ1) is 13.4. The van der Waals surface area contributed by atoms with E-state index in [9.17, 15) is 35.1 Å². The van der Waals surface area contributed by atoms with Gasteiger partial charge >= 0.3 is 79.4 Å². The quantitative estimate of drug-likeness (QED) is 0.492. The molecule has 0 N–H and O–H groups in total. The van der Waals surface area contributed by atoms with Crippen LogP contribution in [0.15, 0.2) is 0 Å². The molecule has 2 unspecified atom stereocenters. The molecular weight excluding hydrogens is 401 g/mol. The van der Waals surface area contributed by atoms with Gasteiger partial charge in [0.2, 0.25) is 0 Å². The zero-order valence-corrected chi connectivity index (χ0v) is 11.4. The molecule has 0 aliphatic rings. The van der Waals surface area contributed by atoms with Crippen molar-refractivity contribution in [2.75, 3.05) is 0 Å². The molecule has 0 spiro atoms. The van der Waals surface area contributed by atoms with Crippen LogP contribution in [0.1, 0.15) is 0 Å². The minimum atomic E-state index is -5.35. The monoisotopic (exact) mass is 404 g/mol. The predicted molar refractivity (Wildman–Crippen MR) is 21.9 cm³/mol. The molecule has 0 radical (unpaired) electrons. The molecule has 13 heavy (non-hydrogen) atoms. The van der Waals surface area contributed by atoms with Gasteiger partial charge in [-0.05, 0) is 0 Å². The third-order valence-corrected chi connectivity index (χ3v) is 7.94. The van der Waals surface area contributed by atoms with Crippen LogP contribution in [0.4, 0.5) is 35.1 Å². The van der Waals surface area contributed by atoms with Crippen molar-refractivity contribution in [3.8, 4) is 0 Å². The van der Waals surface area contributed by atoms with Crippen LogP contribution in [0, 0.1) is 0 Å². The zero-order valence-electron chi connectivity index (χ0n) is 5.89. The Morgan fingerprint density at radius 3 is 1.08 bits per heavy atom. The summed E-state index contributed by atoms with van der Waals surface area (Å²) in [6.07, 6.45) is -10.7. The summed E-state index contributed by atoms with van der Waals surface area (Å²) in [6.45, 7) is 0. The fraction of sp³-hybridized carbons (Fsp3) is 1.00. The first-order valence-corrected chi connectivity index (χ1v) is 9.31. The summed E-state index contributed by atoms with van der Waals surface area (Å²) in [4.78, 5) is 0. The topological polar surface area (TPSA) is 0 Å². The molecule has 0 amide bonds. The van der Waals surface area contributed by atoms with Gasteiger partial charge in [0.25, 0.3) is 0 Å². The molecule has 0 aliphatic heterocycles. The van der Waals surface area contributed by atoms with Crippen LogP contribution in [-0.2, 0) is 24.6 Å². The standard InChI is InChI=1S/2C2HF4.Hg/c2*3-1-2(4,5)6;/h2*1H;. The van der Waals surface area contributed by atoms with E-state index in [4.69, 9.17) is 0 Å². The van der Waals surface area contributed by atoms with Crippen LogP contribution in [-0.4, -0.2) is 19.7 Å². The van der Waals surface area contributed by atoms with E-state index in [1.54, 1.807) is 0 Å². The number of alkyl halides is 8. The summed E-state index contributed by atoms with van der Waals surface area (Å²) in [5, 5.41) is 0. The van der Waals surface area contributed by atoms with Crippen LogP contribution in [0.5, 0.6) is 0 Å². The molecule has 9 heteroatoms. The van der Waals surface area contributed by atoms with E-state index in [2.05, 4.69) is 0 Å². The maximum absolute atomic E-state index is 11.9. The van der Waals surface area contributed by atoms with Gasteiger partial charge in [-0.15, -0.1) is 0 Å². The van der Waals surface area contributed by atoms with E-state index in [-0.39, 0.29) is 0 Å². The molecule has 0 saturated carbocycles. The summed E-state index contributed by atoms with van der Waals surface area (Å²) < 4.78 is 84.8. The van der Waals surface area contributed by atoms with Crippen LogP contribution < -0.4 is 0 Å². The van der Waals surface area contributed by atoms with Crippen molar-refractivity contribution in [1.29, 1.82) is 0 Å². The SMILES string of the molecule is F[CH]([Hg][CH](F)C(F)(F)F)C(F)(F)F. The van der Waals surface area contributed by atoms with Crippen LogP contribution in [0.3, 0.4) is 0 Å². The molecule has 0 nitrogen and oxygen atoms in total. The van der Waals surface area contributed by atoms with Crippen molar-refractivity contribution in [3.05, 3.63) is 0 Å². The molecule has 0 aliphatic carbocycles. The summed E-state index contributed by atoms with van der Waals surface area (Å²) in [5.41, 5.74) is 0. The average Bonchev–Trinajstić information content (AvgIpc) is 1.82. The maximum atomic E-state index is 11.9. The van der Waals surface area contributed by atoms with Crippen LogP contribution >= 0.6 is 0 Å². The van der Waals surface area contributed by atoms with Crippen molar-refractivity contribution in [1.82, 2.24) is 0 Å². The Kier molecular flexibility index (Phi) is 4.39. The Morgan fingerprint density at radius 2 is 0.923 bits per heavy atom. The molecule has 0 saturated heterocycles. The second-order valence-electron chi connectivity index (χ2n) is 2.25. The molecular formula is C4H2F8Hg. The molecule has 0 rings (SSSR count). The van der Waals surface area contributed by atoms with E-state index >= 15 is 0 Å². The Hall–Kier alpha value is 0.375. The number of hydrogen-bond donors (Lipinski definition) is 0. The fourth-order valence-corrected chi connectivity index (χ4v) is 3.94. The van der Waals surface area contributed by atoms with Gasteiger partial charge in [-0.25, -0.2) is 0 Å². The summed E-state index contributed by atoms with van der Waals surface area (Å²) in [5.74, 6) is 0. The number of rotatable bonds is 2. The Labute approximate surface area is 79.7 Å². The van der Waals surface area contributed by atoms with Gasteiger partial charge in [0, 0.05) is 0 Å². The second-order valence-corrected chi connectivity index (χ2v) is 9.66. The molecule has 0 fully saturated rings. The van der Waals surface area contributed by atoms with Crippen LogP contribution in [0.2, 0.25) is 0 Å². The zero-order chi connectivity index (χ0) is 10.9. The normalized spacial score (nSPS) is 17.8. The van der Waals surface area contributed by atoms with Gasteiger partial charge < -0.3 is 0 Å². The Bertz CT molecular complexity index is 141. The summed E-state index contributed by atoms with van der Waals surface area (Å²) >= 11 is -4.30. The molecule has 0 aromatic heterocycles. The van der Waals surface area contributed by atoms with E-state index in [1.807, 2.05) is 0 Å². The molecule has 0 heterocycles. The third kappa shape index (κ3) is 4.97. The molecule has 76 valence electrons. The van der Waals surface area contributed by atoms with Crippen molar-refractivity contribution < 1.29 is 59.7 Å². The minimum absolute atomic E-state index is 3.57. The van der Waals surface area contributed by atoms with E-state index in [1.165, 1.54) is 0 Å². The summed E-state index contributed by atoms with van der Waals surface area (Å²) in [7, 11) is 0. The fourth-order valence-electron chi connectivity index (χ4n) is 0.449. The van der Waals surface area contributed by atoms with Crippen molar-refractivity contribution >= 4 is 0 Å². The molecule has 0 aromatic rings. The number of hydrogen-bond acceptors (Lipinski definition) is 0. The van der Waals surface area contributed by atoms with E-state index in [0.29, 0.717) is 0 Å². The average molecular weight is 403 g/mol. The van der Waals surface area contributed by atoms with Gasteiger partial charge in [0.15, 0.2) is 0 Å². The van der Waals surface area contributed by atoms with E-state index < -0.39 is 44.3 Å². The number of halogens is 8. The Morgan fingerprint density at radius 1 is 0.692 bits per heavy atom. The first-order valence-electron chi connectivity index (χ1n) is 2.96. The van der Waals surface area contributed by atoms with Gasteiger partial charge in [0.1, 0.15) is 0 Å². The van der Waals surface area contributed by atoms with Crippen molar-refractivity contribution in [2.24, 2.45) is 0 Å². The predicted octanol–water partition coefficient (Wildman–Crippen LogP) is 2.78. The molecule has 0 bridgehead atoms.